The highest BCUT2D eigenvalue weighted by Crippen LogP contribution is 2.34. The number of hydrogen-bond donors (Lipinski definition) is 3. The summed E-state index contributed by atoms with van der Waals surface area (Å²) in [7, 11) is 0. The number of aliphatic hydroxyl groups is 1. The lowest BCUT2D eigenvalue weighted by Crippen LogP contribution is -2.53. The van der Waals surface area contributed by atoms with Crippen molar-refractivity contribution in [3.8, 4) is 16.3 Å². The summed E-state index contributed by atoms with van der Waals surface area (Å²) < 4.78 is 11.1. The lowest BCUT2D eigenvalue weighted by Gasteiger charge is -2.37. The molecule has 1 aromatic carbocycles. The van der Waals surface area contributed by atoms with E-state index in [0.29, 0.717) is 13.0 Å². The fourth-order valence-corrected chi connectivity index (χ4v) is 6.25. The van der Waals surface area contributed by atoms with Crippen LogP contribution in [0.4, 0.5) is 4.79 Å². The Morgan fingerprint density at radius 3 is 2.50 bits per heavy atom. The first-order chi connectivity index (χ1) is 20.0. The van der Waals surface area contributed by atoms with Crippen molar-refractivity contribution in [1.29, 1.82) is 0 Å². The SMILES string of the molecule is Cc1ncsc1-c1ccc([C@H](C)NC(=O)[C@@H]2C[C@@H](O)CN2C(=O)[C@H](c2cc(OC3CCN3C(=O)O)no2)C(C)C)cc1. The summed E-state index contributed by atoms with van der Waals surface area (Å²) in [5, 5.41) is 26.6. The highest BCUT2D eigenvalue weighted by Gasteiger charge is 2.44. The van der Waals surface area contributed by atoms with Crippen LogP contribution < -0.4 is 10.1 Å². The van der Waals surface area contributed by atoms with Gasteiger partial charge in [-0.3, -0.25) is 14.5 Å². The number of amides is 3. The van der Waals surface area contributed by atoms with Gasteiger partial charge in [-0.1, -0.05) is 38.1 Å². The van der Waals surface area contributed by atoms with Crippen molar-refractivity contribution in [2.45, 2.75) is 70.9 Å². The number of rotatable bonds is 9. The Kier molecular flexibility index (Phi) is 8.50. The molecule has 0 bridgehead atoms. The number of β-amino-alcohol motifs (C(OH)–C–C–N with tert-alkyl or cyclic N) is 1. The highest BCUT2D eigenvalue weighted by molar-refractivity contribution is 7.13. The topological polar surface area (TPSA) is 158 Å². The van der Waals surface area contributed by atoms with Gasteiger partial charge in [-0.05, 0) is 36.0 Å². The zero-order chi connectivity index (χ0) is 30.1. The Labute approximate surface area is 247 Å². The molecule has 5 atom stereocenters. The Balaban J connectivity index is 1.26. The molecular weight excluding hydrogens is 562 g/mol. The summed E-state index contributed by atoms with van der Waals surface area (Å²) in [6.45, 7) is 7.94. The number of hydrogen-bond acceptors (Lipinski definition) is 9. The molecule has 12 nitrogen and oxygen atoms in total. The Hall–Kier alpha value is -3.97. The normalized spacial score (nSPS) is 21.6. The number of nitrogens with one attached hydrogen (secondary N) is 1. The van der Waals surface area contributed by atoms with Gasteiger partial charge >= 0.3 is 6.09 Å². The van der Waals surface area contributed by atoms with E-state index in [4.69, 9.17) is 9.26 Å². The van der Waals surface area contributed by atoms with E-state index in [1.54, 1.807) is 11.3 Å². The van der Waals surface area contributed by atoms with Crippen molar-refractivity contribution in [3.05, 3.63) is 52.9 Å². The summed E-state index contributed by atoms with van der Waals surface area (Å²) in [5.41, 5.74) is 4.75. The monoisotopic (exact) mass is 597 g/mol. The first-order valence-corrected chi connectivity index (χ1v) is 14.8. The van der Waals surface area contributed by atoms with E-state index in [1.807, 2.05) is 57.5 Å². The van der Waals surface area contributed by atoms with Crippen molar-refractivity contribution in [1.82, 2.24) is 25.3 Å². The molecule has 5 rings (SSSR count). The maximum atomic E-state index is 13.8. The second-order valence-corrected chi connectivity index (χ2v) is 12.0. The Bertz CT molecular complexity index is 1440. The molecule has 4 heterocycles. The third-order valence-corrected chi connectivity index (χ3v) is 8.83. The number of aromatic nitrogens is 2. The molecule has 224 valence electrons. The van der Waals surface area contributed by atoms with Crippen LogP contribution in [0.25, 0.3) is 10.4 Å². The predicted molar refractivity (Wildman–Crippen MR) is 153 cm³/mol. The summed E-state index contributed by atoms with van der Waals surface area (Å²) >= 11 is 1.58. The number of ether oxygens (including phenoxy) is 1. The van der Waals surface area contributed by atoms with Crippen molar-refractivity contribution < 1.29 is 33.9 Å². The molecule has 2 aromatic heterocycles. The molecule has 1 unspecified atom stereocenters. The average molecular weight is 598 g/mol. The van der Waals surface area contributed by atoms with Crippen molar-refractivity contribution >= 4 is 29.2 Å². The van der Waals surface area contributed by atoms with Gasteiger partial charge in [0.15, 0.2) is 12.0 Å². The molecule has 0 saturated carbocycles. The maximum Gasteiger partial charge on any atom is 0.410 e. The molecule has 3 amide bonds. The van der Waals surface area contributed by atoms with Gasteiger partial charge in [0, 0.05) is 32.0 Å². The van der Waals surface area contributed by atoms with E-state index >= 15 is 0 Å². The number of carbonyl (C=O) groups is 3. The molecule has 2 aliphatic heterocycles. The number of benzene rings is 1. The molecule has 2 aliphatic rings. The standard InChI is InChI=1S/C29H35N5O7S/c1-15(2)25(22-12-23(32-41-22)40-24-9-10-33(24)29(38)39)28(37)34-13-20(35)11-21(34)27(36)31-16(3)18-5-7-19(8-6-18)26-17(4)30-14-42-26/h5-8,12,14-16,20-21,24-25,35H,9-11,13H2,1-4H3,(H,31,36)(H,38,39)/t16-,20+,21-,24?,25-/m0/s1. The van der Waals surface area contributed by atoms with Crippen LogP contribution in [0.2, 0.25) is 0 Å². The van der Waals surface area contributed by atoms with Gasteiger partial charge in [-0.25, -0.2) is 9.78 Å². The van der Waals surface area contributed by atoms with Crippen LogP contribution in [0, 0.1) is 12.8 Å². The van der Waals surface area contributed by atoms with E-state index in [-0.39, 0.29) is 48.4 Å². The number of carboxylic acid groups (broad SMARTS) is 1. The first kappa shape index (κ1) is 29.5. The zero-order valence-electron chi connectivity index (χ0n) is 23.9. The van der Waals surface area contributed by atoms with E-state index in [2.05, 4.69) is 15.5 Å². The van der Waals surface area contributed by atoms with Crippen LogP contribution in [0.5, 0.6) is 5.88 Å². The molecule has 13 heteroatoms. The highest BCUT2D eigenvalue weighted by atomic mass is 32.1. The summed E-state index contributed by atoms with van der Waals surface area (Å²) in [6.07, 6.45) is -1.94. The van der Waals surface area contributed by atoms with E-state index in [0.717, 1.165) is 26.6 Å². The molecule has 42 heavy (non-hydrogen) atoms. The van der Waals surface area contributed by atoms with Gasteiger partial charge in [-0.15, -0.1) is 11.3 Å². The van der Waals surface area contributed by atoms with E-state index in [9.17, 15) is 24.6 Å². The minimum absolute atomic E-state index is 0.0184. The lowest BCUT2D eigenvalue weighted by atomic mass is 9.91. The maximum absolute atomic E-state index is 13.8. The van der Waals surface area contributed by atoms with Gasteiger partial charge in [0.2, 0.25) is 11.8 Å². The minimum atomic E-state index is -1.08. The molecular formula is C29H35N5O7S. The number of aryl methyl sites for hydroxylation is 1. The number of thiazole rings is 1. The minimum Gasteiger partial charge on any atom is -0.465 e. The van der Waals surface area contributed by atoms with Crippen molar-refractivity contribution in [3.63, 3.8) is 0 Å². The largest absolute Gasteiger partial charge is 0.465 e. The zero-order valence-corrected chi connectivity index (χ0v) is 24.7. The number of nitrogens with zero attached hydrogens (tertiary/aromatic N) is 4. The number of carbonyl (C=O) groups excluding carboxylic acids is 2. The fraction of sp³-hybridized carbons (Fsp3) is 0.483. The van der Waals surface area contributed by atoms with E-state index in [1.165, 1.54) is 11.0 Å². The summed E-state index contributed by atoms with van der Waals surface area (Å²) in [5.74, 6) is -1.39. The molecule has 0 spiro atoms. The Morgan fingerprint density at radius 2 is 1.90 bits per heavy atom. The van der Waals surface area contributed by atoms with Crippen LogP contribution in [-0.4, -0.2) is 79.5 Å². The molecule has 0 radical (unpaired) electrons. The van der Waals surface area contributed by atoms with Crippen LogP contribution >= 0.6 is 11.3 Å². The lowest BCUT2D eigenvalue weighted by molar-refractivity contribution is -0.141. The van der Waals surface area contributed by atoms with Gasteiger partial charge < -0.3 is 29.7 Å². The van der Waals surface area contributed by atoms with Gasteiger partial charge in [0.05, 0.1) is 28.2 Å². The molecule has 3 aromatic rings. The Morgan fingerprint density at radius 1 is 1.17 bits per heavy atom. The van der Waals surface area contributed by atoms with E-state index < -0.39 is 30.4 Å². The average Bonchev–Trinajstić information content (AvgIpc) is 3.66. The van der Waals surface area contributed by atoms with Crippen LogP contribution in [0.1, 0.15) is 62.6 Å². The molecule has 3 N–H and O–H groups in total. The second-order valence-electron chi connectivity index (χ2n) is 11.1. The van der Waals surface area contributed by atoms with Gasteiger partial charge in [0.1, 0.15) is 12.0 Å². The van der Waals surface area contributed by atoms with Crippen LogP contribution in [0.15, 0.2) is 40.4 Å². The van der Waals surface area contributed by atoms with Gasteiger partial charge in [-0.2, -0.15) is 0 Å². The molecule has 0 aliphatic carbocycles. The third kappa shape index (κ3) is 5.97. The smallest absolute Gasteiger partial charge is 0.410 e. The number of likely N-dealkylation sites (tertiary alicyclic amines) is 2. The first-order valence-electron chi connectivity index (χ1n) is 14.0. The van der Waals surface area contributed by atoms with Gasteiger partial charge in [0.25, 0.3) is 5.88 Å². The van der Waals surface area contributed by atoms with Crippen molar-refractivity contribution in [2.75, 3.05) is 13.1 Å². The summed E-state index contributed by atoms with van der Waals surface area (Å²) in [4.78, 5) is 46.5. The molecule has 2 fully saturated rings. The van der Waals surface area contributed by atoms with Crippen LogP contribution in [0.3, 0.4) is 0 Å². The predicted octanol–water partition coefficient (Wildman–Crippen LogP) is 3.77. The quantitative estimate of drug-likeness (QED) is 0.334. The fourth-order valence-electron chi connectivity index (χ4n) is 5.43. The molecule has 2 saturated heterocycles. The van der Waals surface area contributed by atoms with Crippen LogP contribution in [-0.2, 0) is 9.59 Å². The van der Waals surface area contributed by atoms with Crippen molar-refractivity contribution in [2.24, 2.45) is 5.92 Å². The second kappa shape index (κ2) is 12.1. The third-order valence-electron chi connectivity index (χ3n) is 7.85. The summed E-state index contributed by atoms with van der Waals surface area (Å²) in [6, 6.07) is 8.24. The number of aliphatic hydroxyl groups excluding tert-OH is 1.